The number of ether oxygens (including phenoxy) is 2. The molecule has 9 nitrogen and oxygen atoms in total. The molecule has 0 aromatic heterocycles. The van der Waals surface area contributed by atoms with Crippen LogP contribution < -0.4 is 26.7 Å². The highest BCUT2D eigenvalue weighted by Gasteiger charge is 2.22. The van der Waals surface area contributed by atoms with Crippen molar-refractivity contribution in [1.82, 2.24) is 4.90 Å². The molecule has 33 heavy (non-hydrogen) atoms. The fraction of sp³-hybridized carbons (Fsp3) is 0.261. The van der Waals surface area contributed by atoms with Crippen LogP contribution in [0.5, 0.6) is 17.2 Å². The highest BCUT2D eigenvalue weighted by Crippen LogP contribution is 2.32. The summed E-state index contributed by atoms with van der Waals surface area (Å²) < 4.78 is 24.3. The number of rotatable bonds is 7. The Bertz CT molecular complexity index is 1120. The second kappa shape index (κ2) is 10.4. The highest BCUT2D eigenvalue weighted by atomic mass is 19.1. The third-order valence-electron chi connectivity index (χ3n) is 5.15. The van der Waals surface area contributed by atoms with Gasteiger partial charge < -0.3 is 31.6 Å². The van der Waals surface area contributed by atoms with Gasteiger partial charge in [-0.05, 0) is 54.8 Å². The molecule has 0 spiro atoms. The van der Waals surface area contributed by atoms with Gasteiger partial charge >= 0.3 is 0 Å². The number of hydrogen-bond acceptors (Lipinski definition) is 7. The van der Waals surface area contributed by atoms with E-state index in [1.807, 2.05) is 0 Å². The monoisotopic (exact) mass is 452 g/mol. The van der Waals surface area contributed by atoms with Crippen molar-refractivity contribution < 1.29 is 18.7 Å². The molecule has 1 aliphatic rings. The van der Waals surface area contributed by atoms with Crippen molar-refractivity contribution in [3.8, 4) is 23.4 Å². The number of nitrogens with zero attached hydrogens (tertiary/aromatic N) is 3. The predicted octanol–water partition coefficient (Wildman–Crippen LogP) is 2.08. The first-order valence-corrected chi connectivity index (χ1v) is 10.2. The second-order valence-corrected chi connectivity index (χ2v) is 7.43. The summed E-state index contributed by atoms with van der Waals surface area (Å²) in [6, 6.07) is 10.2. The normalized spacial score (nSPS) is 17.1. The van der Waals surface area contributed by atoms with E-state index in [0.717, 1.165) is 12.8 Å². The van der Waals surface area contributed by atoms with Crippen molar-refractivity contribution in [2.75, 3.05) is 20.2 Å². The Labute approximate surface area is 190 Å². The maximum atomic E-state index is 13.4. The Kier molecular flexibility index (Phi) is 7.35. The number of nitrogens with two attached hydrogens (primary N) is 3. The largest absolute Gasteiger partial charge is 0.493 e. The third-order valence-corrected chi connectivity index (χ3v) is 5.15. The van der Waals surface area contributed by atoms with E-state index in [-0.39, 0.29) is 28.9 Å². The second-order valence-electron chi connectivity index (χ2n) is 7.43. The Morgan fingerprint density at radius 2 is 1.91 bits per heavy atom. The number of piperidine rings is 1. The van der Waals surface area contributed by atoms with Gasteiger partial charge in [0, 0.05) is 12.6 Å². The van der Waals surface area contributed by atoms with Gasteiger partial charge in [-0.25, -0.2) is 4.39 Å². The molecule has 1 saturated heterocycles. The number of amidine groups is 1. The number of nitriles is 1. The zero-order valence-corrected chi connectivity index (χ0v) is 18.1. The zero-order chi connectivity index (χ0) is 24.0. The number of aliphatic imine (C=N–C) groups is 1. The van der Waals surface area contributed by atoms with Gasteiger partial charge in [-0.1, -0.05) is 0 Å². The standard InChI is InChI=1S/C23H25FN6O3/c1-32-19-11-15(24)6-9-18(19)33-17-7-4-14(5-8-17)21(26)20(23(28)31)22(27)29-16-3-2-10-30(12-16)13-25/h4-9,11,16H,2-3,10,12,26H2,1H3,(H2,27,29)(H2,28,31). The molecule has 0 bridgehead atoms. The van der Waals surface area contributed by atoms with Crippen LogP contribution in [0.1, 0.15) is 18.4 Å². The summed E-state index contributed by atoms with van der Waals surface area (Å²) in [6.45, 7) is 1.09. The molecular formula is C23H25FN6O3. The fourth-order valence-electron chi connectivity index (χ4n) is 3.51. The number of halogens is 1. The van der Waals surface area contributed by atoms with Gasteiger partial charge in [0.25, 0.3) is 5.91 Å². The van der Waals surface area contributed by atoms with Crippen LogP contribution in [0.2, 0.25) is 0 Å². The van der Waals surface area contributed by atoms with E-state index in [0.29, 0.717) is 30.2 Å². The lowest BCUT2D eigenvalue weighted by molar-refractivity contribution is -0.114. The Morgan fingerprint density at radius 3 is 2.55 bits per heavy atom. The summed E-state index contributed by atoms with van der Waals surface area (Å²) in [6.07, 6.45) is 3.63. The van der Waals surface area contributed by atoms with Crippen molar-refractivity contribution in [3.63, 3.8) is 0 Å². The van der Waals surface area contributed by atoms with Crippen molar-refractivity contribution in [1.29, 1.82) is 5.26 Å². The minimum atomic E-state index is -0.807. The number of benzene rings is 2. The van der Waals surface area contributed by atoms with E-state index < -0.39 is 11.7 Å². The molecule has 1 heterocycles. The first-order chi connectivity index (χ1) is 15.8. The van der Waals surface area contributed by atoms with Gasteiger partial charge in [0.15, 0.2) is 17.7 Å². The SMILES string of the molecule is COc1cc(F)ccc1Oc1ccc(C(N)=C(C(N)=O)C(N)=NC2CCCN(C#N)C2)cc1. The van der Waals surface area contributed by atoms with E-state index in [1.165, 1.54) is 25.3 Å². The number of methoxy groups -OCH3 is 1. The fourth-order valence-corrected chi connectivity index (χ4v) is 3.51. The summed E-state index contributed by atoms with van der Waals surface area (Å²) in [4.78, 5) is 18.1. The molecule has 1 fully saturated rings. The van der Waals surface area contributed by atoms with Crippen molar-refractivity contribution in [2.45, 2.75) is 18.9 Å². The number of amides is 1. The molecule has 0 radical (unpaired) electrons. The first-order valence-electron chi connectivity index (χ1n) is 10.2. The Balaban J connectivity index is 1.84. The summed E-state index contributed by atoms with van der Waals surface area (Å²) in [5.41, 5.74) is 18.3. The lowest BCUT2D eigenvalue weighted by atomic mass is 10.0. The topological polar surface area (TPSA) is 153 Å². The lowest BCUT2D eigenvalue weighted by Gasteiger charge is -2.26. The van der Waals surface area contributed by atoms with Gasteiger partial charge in [0.1, 0.15) is 23.0 Å². The average Bonchev–Trinajstić information content (AvgIpc) is 2.80. The average molecular weight is 452 g/mol. The molecule has 1 unspecified atom stereocenters. The van der Waals surface area contributed by atoms with E-state index in [9.17, 15) is 9.18 Å². The van der Waals surface area contributed by atoms with Crippen LogP contribution in [-0.2, 0) is 4.79 Å². The molecule has 2 aromatic carbocycles. The van der Waals surface area contributed by atoms with E-state index >= 15 is 0 Å². The van der Waals surface area contributed by atoms with Gasteiger partial charge in [0.05, 0.1) is 25.4 Å². The third kappa shape index (κ3) is 5.71. The van der Waals surface area contributed by atoms with E-state index in [4.69, 9.17) is 31.9 Å². The molecule has 1 aliphatic heterocycles. The van der Waals surface area contributed by atoms with Gasteiger partial charge in [-0.2, -0.15) is 5.26 Å². The molecule has 1 atom stereocenters. The number of hydrogen-bond donors (Lipinski definition) is 3. The summed E-state index contributed by atoms with van der Waals surface area (Å²) in [5, 5.41) is 9.09. The summed E-state index contributed by atoms with van der Waals surface area (Å²) in [5.74, 6) is -0.296. The minimum absolute atomic E-state index is 0.0684. The van der Waals surface area contributed by atoms with Crippen LogP contribution in [0.3, 0.4) is 0 Å². The molecule has 10 heteroatoms. The maximum Gasteiger partial charge on any atom is 0.254 e. The minimum Gasteiger partial charge on any atom is -0.493 e. The molecule has 1 amide bonds. The molecule has 0 aliphatic carbocycles. The van der Waals surface area contributed by atoms with E-state index in [1.54, 1.807) is 29.2 Å². The molecule has 2 aromatic rings. The van der Waals surface area contributed by atoms with Crippen molar-refractivity contribution in [2.24, 2.45) is 22.2 Å². The smallest absolute Gasteiger partial charge is 0.254 e. The van der Waals surface area contributed by atoms with Gasteiger partial charge in [-0.3, -0.25) is 9.79 Å². The summed E-state index contributed by atoms with van der Waals surface area (Å²) >= 11 is 0. The summed E-state index contributed by atoms with van der Waals surface area (Å²) in [7, 11) is 1.42. The van der Waals surface area contributed by atoms with Crippen LogP contribution in [0.15, 0.2) is 53.0 Å². The molecule has 0 saturated carbocycles. The maximum absolute atomic E-state index is 13.4. The Morgan fingerprint density at radius 1 is 1.18 bits per heavy atom. The van der Waals surface area contributed by atoms with Crippen molar-refractivity contribution >= 4 is 17.4 Å². The van der Waals surface area contributed by atoms with Crippen LogP contribution in [0, 0.1) is 17.3 Å². The van der Waals surface area contributed by atoms with E-state index in [2.05, 4.69) is 11.2 Å². The molecule has 3 rings (SSSR count). The van der Waals surface area contributed by atoms with Gasteiger partial charge in [0.2, 0.25) is 0 Å². The quantitative estimate of drug-likeness (QED) is 0.252. The van der Waals surface area contributed by atoms with Crippen LogP contribution >= 0.6 is 0 Å². The number of likely N-dealkylation sites (tertiary alicyclic amines) is 1. The first kappa shape index (κ1) is 23.4. The molecular weight excluding hydrogens is 427 g/mol. The highest BCUT2D eigenvalue weighted by molar-refractivity contribution is 6.24. The van der Waals surface area contributed by atoms with Crippen LogP contribution in [-0.4, -0.2) is 42.9 Å². The van der Waals surface area contributed by atoms with Crippen molar-refractivity contribution in [3.05, 3.63) is 59.4 Å². The van der Waals surface area contributed by atoms with Crippen LogP contribution in [0.4, 0.5) is 4.39 Å². The Hall–Kier alpha value is -4.26. The number of primary amides is 1. The van der Waals surface area contributed by atoms with Crippen LogP contribution in [0.25, 0.3) is 5.70 Å². The molecule has 172 valence electrons. The zero-order valence-electron chi connectivity index (χ0n) is 18.1. The number of carbonyl (C=O) groups excluding carboxylic acids is 1. The lowest BCUT2D eigenvalue weighted by Crippen LogP contribution is -2.37. The van der Waals surface area contributed by atoms with Gasteiger partial charge in [-0.15, -0.1) is 0 Å². The predicted molar refractivity (Wildman–Crippen MR) is 122 cm³/mol. The number of carbonyl (C=O) groups is 1. The molecule has 6 N–H and O–H groups in total.